The Hall–Kier alpha value is -1.88. The van der Waals surface area contributed by atoms with E-state index in [-0.39, 0.29) is 17.9 Å². The Morgan fingerprint density at radius 2 is 1.95 bits per heavy atom. The molecule has 112 valence electrons. The van der Waals surface area contributed by atoms with Gasteiger partial charge < -0.3 is 4.90 Å². The molecule has 0 aliphatic carbocycles. The Bertz CT molecular complexity index is 558. The van der Waals surface area contributed by atoms with Crippen LogP contribution in [0.15, 0.2) is 24.3 Å². The number of likely N-dealkylation sites (tertiary alicyclic amines) is 1. The summed E-state index contributed by atoms with van der Waals surface area (Å²) < 4.78 is 0. The summed E-state index contributed by atoms with van der Waals surface area (Å²) in [7, 11) is 0. The Labute approximate surface area is 124 Å². The SMILES string of the molecule is CC(=O)N1CCCC[C@H]1C(=O)N1Cc2ccccc2CO1. The van der Waals surface area contributed by atoms with Gasteiger partial charge in [-0.2, -0.15) is 0 Å². The quantitative estimate of drug-likeness (QED) is 0.792. The van der Waals surface area contributed by atoms with Crippen LogP contribution in [0.25, 0.3) is 0 Å². The van der Waals surface area contributed by atoms with Crippen LogP contribution < -0.4 is 0 Å². The van der Waals surface area contributed by atoms with E-state index in [9.17, 15) is 9.59 Å². The minimum atomic E-state index is -0.374. The second-order valence-corrected chi connectivity index (χ2v) is 5.64. The van der Waals surface area contributed by atoms with Crippen LogP contribution in [0.3, 0.4) is 0 Å². The molecule has 1 fully saturated rings. The second-order valence-electron chi connectivity index (χ2n) is 5.64. The van der Waals surface area contributed by atoms with Gasteiger partial charge in [0.15, 0.2) is 0 Å². The van der Waals surface area contributed by atoms with Gasteiger partial charge in [0.25, 0.3) is 5.91 Å². The maximum atomic E-state index is 12.7. The van der Waals surface area contributed by atoms with Crippen molar-refractivity contribution in [3.05, 3.63) is 35.4 Å². The number of carbonyl (C=O) groups excluding carboxylic acids is 2. The predicted molar refractivity (Wildman–Crippen MR) is 76.8 cm³/mol. The Kier molecular flexibility index (Phi) is 3.92. The van der Waals surface area contributed by atoms with Gasteiger partial charge in [-0.3, -0.25) is 14.4 Å². The van der Waals surface area contributed by atoms with Crippen molar-refractivity contribution in [2.75, 3.05) is 6.54 Å². The first-order valence-electron chi connectivity index (χ1n) is 7.45. The van der Waals surface area contributed by atoms with Crippen LogP contribution in [0.2, 0.25) is 0 Å². The molecule has 2 heterocycles. The van der Waals surface area contributed by atoms with Crippen LogP contribution >= 0.6 is 0 Å². The zero-order chi connectivity index (χ0) is 14.8. The van der Waals surface area contributed by atoms with E-state index >= 15 is 0 Å². The van der Waals surface area contributed by atoms with Gasteiger partial charge in [-0.25, -0.2) is 5.06 Å². The Balaban J connectivity index is 1.75. The summed E-state index contributed by atoms with van der Waals surface area (Å²) in [5.41, 5.74) is 2.23. The van der Waals surface area contributed by atoms with E-state index in [2.05, 4.69) is 0 Å². The van der Waals surface area contributed by atoms with E-state index in [1.165, 1.54) is 12.0 Å². The number of amides is 2. The number of benzene rings is 1. The summed E-state index contributed by atoms with van der Waals surface area (Å²) in [6.07, 6.45) is 2.66. The summed E-state index contributed by atoms with van der Waals surface area (Å²) in [6, 6.07) is 7.59. The lowest BCUT2D eigenvalue weighted by atomic mass is 10.0. The van der Waals surface area contributed by atoms with Crippen molar-refractivity contribution < 1.29 is 14.4 Å². The van der Waals surface area contributed by atoms with Crippen LogP contribution in [-0.2, 0) is 27.6 Å². The van der Waals surface area contributed by atoms with E-state index < -0.39 is 0 Å². The lowest BCUT2D eigenvalue weighted by molar-refractivity contribution is -0.207. The van der Waals surface area contributed by atoms with Gasteiger partial charge in [-0.1, -0.05) is 24.3 Å². The number of hydroxylamine groups is 2. The summed E-state index contributed by atoms with van der Waals surface area (Å²) in [6.45, 7) is 3.06. The lowest BCUT2D eigenvalue weighted by Gasteiger charge is -2.38. The molecule has 2 aliphatic heterocycles. The highest BCUT2D eigenvalue weighted by Gasteiger charge is 2.35. The Morgan fingerprint density at radius 1 is 1.19 bits per heavy atom. The molecule has 0 spiro atoms. The number of carbonyl (C=O) groups is 2. The molecule has 0 radical (unpaired) electrons. The monoisotopic (exact) mass is 288 g/mol. The maximum Gasteiger partial charge on any atom is 0.269 e. The molecule has 3 rings (SSSR count). The van der Waals surface area contributed by atoms with Gasteiger partial charge in [-0.05, 0) is 30.4 Å². The number of piperidine rings is 1. The van der Waals surface area contributed by atoms with Crippen molar-refractivity contribution in [3.8, 4) is 0 Å². The highest BCUT2D eigenvalue weighted by molar-refractivity contribution is 5.86. The lowest BCUT2D eigenvalue weighted by Crippen LogP contribution is -2.52. The van der Waals surface area contributed by atoms with Gasteiger partial charge in [0, 0.05) is 13.5 Å². The third kappa shape index (κ3) is 2.78. The fraction of sp³-hybridized carbons (Fsp3) is 0.500. The topological polar surface area (TPSA) is 49.9 Å². The van der Waals surface area contributed by atoms with Gasteiger partial charge in [0.1, 0.15) is 12.6 Å². The fourth-order valence-electron chi connectivity index (χ4n) is 3.07. The smallest absolute Gasteiger partial charge is 0.269 e. The largest absolute Gasteiger partial charge is 0.331 e. The number of fused-ring (bicyclic) bond motifs is 1. The zero-order valence-corrected chi connectivity index (χ0v) is 12.2. The molecule has 1 atom stereocenters. The minimum Gasteiger partial charge on any atom is -0.331 e. The molecule has 1 aromatic carbocycles. The van der Waals surface area contributed by atoms with Crippen LogP contribution in [0, 0.1) is 0 Å². The van der Waals surface area contributed by atoms with Crippen molar-refractivity contribution in [3.63, 3.8) is 0 Å². The van der Waals surface area contributed by atoms with Crippen LogP contribution in [-0.4, -0.2) is 34.4 Å². The molecule has 2 amide bonds. The van der Waals surface area contributed by atoms with Gasteiger partial charge in [0.05, 0.1) is 6.54 Å². The van der Waals surface area contributed by atoms with Crippen molar-refractivity contribution in [2.24, 2.45) is 0 Å². The van der Waals surface area contributed by atoms with Crippen molar-refractivity contribution in [2.45, 2.75) is 45.4 Å². The van der Waals surface area contributed by atoms with Gasteiger partial charge in [0.2, 0.25) is 5.91 Å². The minimum absolute atomic E-state index is 0.0366. The number of hydrogen-bond acceptors (Lipinski definition) is 3. The molecule has 5 heteroatoms. The molecule has 2 aliphatic rings. The van der Waals surface area contributed by atoms with Crippen molar-refractivity contribution in [1.82, 2.24) is 9.96 Å². The van der Waals surface area contributed by atoms with E-state index in [1.807, 2.05) is 24.3 Å². The van der Waals surface area contributed by atoms with Crippen LogP contribution in [0.5, 0.6) is 0 Å². The zero-order valence-electron chi connectivity index (χ0n) is 12.2. The number of nitrogens with zero attached hydrogens (tertiary/aromatic N) is 2. The summed E-state index contributed by atoms with van der Waals surface area (Å²) in [5, 5.41) is 1.42. The molecule has 5 nitrogen and oxygen atoms in total. The van der Waals surface area contributed by atoms with Gasteiger partial charge >= 0.3 is 0 Å². The van der Waals surface area contributed by atoms with E-state index in [4.69, 9.17) is 4.84 Å². The van der Waals surface area contributed by atoms with Gasteiger partial charge in [-0.15, -0.1) is 0 Å². The predicted octanol–water partition coefficient (Wildman–Crippen LogP) is 1.86. The highest BCUT2D eigenvalue weighted by Crippen LogP contribution is 2.24. The molecule has 1 aromatic rings. The summed E-state index contributed by atoms with van der Waals surface area (Å²) in [5.74, 6) is -0.134. The molecule has 0 aromatic heterocycles. The molecule has 0 N–H and O–H groups in total. The number of hydrogen-bond donors (Lipinski definition) is 0. The molecule has 1 saturated heterocycles. The Morgan fingerprint density at radius 3 is 2.71 bits per heavy atom. The molecule has 0 unspecified atom stereocenters. The highest BCUT2D eigenvalue weighted by atomic mass is 16.7. The van der Waals surface area contributed by atoms with E-state index in [0.29, 0.717) is 19.7 Å². The standard InChI is InChI=1S/C16H20N2O3/c1-12(19)17-9-5-4-8-15(17)16(20)18-10-13-6-2-3-7-14(13)11-21-18/h2-3,6-7,15H,4-5,8-11H2,1H3/t15-/m0/s1. The first-order valence-corrected chi connectivity index (χ1v) is 7.45. The maximum absolute atomic E-state index is 12.7. The molecule has 0 bridgehead atoms. The third-order valence-corrected chi connectivity index (χ3v) is 4.25. The van der Waals surface area contributed by atoms with Crippen molar-refractivity contribution >= 4 is 11.8 Å². The van der Waals surface area contributed by atoms with Crippen LogP contribution in [0.1, 0.15) is 37.3 Å². The summed E-state index contributed by atoms with van der Waals surface area (Å²) >= 11 is 0. The first kappa shape index (κ1) is 14.1. The fourth-order valence-corrected chi connectivity index (χ4v) is 3.07. The molecular formula is C16H20N2O3. The molecular weight excluding hydrogens is 268 g/mol. The van der Waals surface area contributed by atoms with Crippen LogP contribution in [0.4, 0.5) is 0 Å². The molecule has 0 saturated carbocycles. The van der Waals surface area contributed by atoms with E-state index in [0.717, 1.165) is 30.4 Å². The van der Waals surface area contributed by atoms with E-state index in [1.54, 1.807) is 4.90 Å². The normalized spacial score (nSPS) is 21.9. The third-order valence-electron chi connectivity index (χ3n) is 4.25. The average molecular weight is 288 g/mol. The number of rotatable bonds is 1. The molecule has 21 heavy (non-hydrogen) atoms. The summed E-state index contributed by atoms with van der Waals surface area (Å²) in [4.78, 5) is 31.7. The average Bonchev–Trinajstić information content (AvgIpc) is 2.53. The van der Waals surface area contributed by atoms with Crippen molar-refractivity contribution in [1.29, 1.82) is 0 Å². The second kappa shape index (κ2) is 5.85. The first-order chi connectivity index (χ1) is 10.2.